The van der Waals surface area contributed by atoms with Gasteiger partial charge in [0.1, 0.15) is 6.33 Å². The van der Waals surface area contributed by atoms with E-state index in [1.165, 1.54) is 23.9 Å². The normalized spacial score (nSPS) is 10.4. The molecular formula is C17H16N4O3S. The minimum absolute atomic E-state index is 0.286. The van der Waals surface area contributed by atoms with Crippen LogP contribution < -0.4 is 14.8 Å². The van der Waals surface area contributed by atoms with Gasteiger partial charge in [-0.25, -0.2) is 15.0 Å². The fourth-order valence-corrected chi connectivity index (χ4v) is 2.95. The molecule has 128 valence electrons. The molecule has 7 nitrogen and oxygen atoms in total. The summed E-state index contributed by atoms with van der Waals surface area (Å²) < 4.78 is 10.5. The first-order chi connectivity index (χ1) is 12.1. The van der Waals surface area contributed by atoms with Crippen molar-refractivity contribution in [1.82, 2.24) is 15.0 Å². The molecule has 1 amide bonds. The smallest absolute Gasteiger partial charge is 0.260 e. The van der Waals surface area contributed by atoms with E-state index in [4.69, 9.17) is 9.47 Å². The van der Waals surface area contributed by atoms with Crippen molar-refractivity contribution in [3.63, 3.8) is 0 Å². The lowest BCUT2D eigenvalue weighted by Gasteiger charge is -2.08. The zero-order valence-electron chi connectivity index (χ0n) is 13.9. The van der Waals surface area contributed by atoms with E-state index in [0.29, 0.717) is 27.9 Å². The molecule has 0 saturated carbocycles. The summed E-state index contributed by atoms with van der Waals surface area (Å²) in [6.45, 7) is 1.76. The second-order valence-corrected chi connectivity index (χ2v) is 5.94. The summed E-state index contributed by atoms with van der Waals surface area (Å²) >= 11 is 1.34. The van der Waals surface area contributed by atoms with E-state index in [2.05, 4.69) is 20.3 Å². The maximum Gasteiger partial charge on any atom is 0.260 e. The van der Waals surface area contributed by atoms with Crippen LogP contribution in [-0.2, 0) is 0 Å². The molecule has 0 saturated heterocycles. The highest BCUT2D eigenvalue weighted by Crippen LogP contribution is 2.33. The third kappa shape index (κ3) is 3.58. The number of nitrogens with one attached hydrogen (secondary N) is 1. The fraction of sp³-hybridized carbons (Fsp3) is 0.176. The van der Waals surface area contributed by atoms with Gasteiger partial charge in [0.05, 0.1) is 31.2 Å². The van der Waals surface area contributed by atoms with Gasteiger partial charge in [-0.2, -0.15) is 0 Å². The number of hydrogen-bond donors (Lipinski definition) is 1. The molecule has 0 aliphatic heterocycles. The minimum atomic E-state index is -0.286. The van der Waals surface area contributed by atoms with Gasteiger partial charge in [0.2, 0.25) is 0 Å². The van der Waals surface area contributed by atoms with Crippen LogP contribution in [0.1, 0.15) is 16.1 Å². The van der Waals surface area contributed by atoms with E-state index < -0.39 is 0 Å². The lowest BCUT2D eigenvalue weighted by Crippen LogP contribution is -2.14. The van der Waals surface area contributed by atoms with E-state index >= 15 is 0 Å². The van der Waals surface area contributed by atoms with Gasteiger partial charge in [-0.05, 0) is 25.1 Å². The van der Waals surface area contributed by atoms with Crippen molar-refractivity contribution in [3.05, 3.63) is 47.4 Å². The molecule has 0 aliphatic rings. The molecule has 0 spiro atoms. The molecule has 0 fully saturated rings. The molecule has 0 bridgehead atoms. The Morgan fingerprint density at radius 2 is 2.00 bits per heavy atom. The molecule has 0 aliphatic carbocycles. The van der Waals surface area contributed by atoms with Crippen molar-refractivity contribution in [1.29, 1.82) is 0 Å². The van der Waals surface area contributed by atoms with Gasteiger partial charge in [0.25, 0.3) is 5.91 Å². The maximum absolute atomic E-state index is 12.3. The summed E-state index contributed by atoms with van der Waals surface area (Å²) in [6, 6.07) is 5.54. The summed E-state index contributed by atoms with van der Waals surface area (Å²) in [7, 11) is 3.17. The molecule has 3 rings (SSSR count). The number of carbonyl (C=O) groups is 1. The molecule has 0 unspecified atom stereocenters. The number of nitrogens with zero attached hydrogens (tertiary/aromatic N) is 3. The van der Waals surface area contributed by atoms with E-state index in [0.717, 1.165) is 11.3 Å². The van der Waals surface area contributed by atoms with E-state index in [9.17, 15) is 4.79 Å². The highest BCUT2D eigenvalue weighted by Gasteiger charge is 2.14. The monoisotopic (exact) mass is 356 g/mol. The quantitative estimate of drug-likeness (QED) is 0.756. The summed E-state index contributed by atoms with van der Waals surface area (Å²) in [5, 5.41) is 5.14. The number of methoxy groups -OCH3 is 2. The van der Waals surface area contributed by atoms with Crippen LogP contribution in [0.2, 0.25) is 0 Å². The number of hydrogen-bond acceptors (Lipinski definition) is 7. The van der Waals surface area contributed by atoms with E-state index in [1.54, 1.807) is 21.1 Å². The predicted molar refractivity (Wildman–Crippen MR) is 95.4 cm³/mol. The van der Waals surface area contributed by atoms with Crippen LogP contribution in [0, 0.1) is 6.92 Å². The molecule has 0 radical (unpaired) electrons. The first kappa shape index (κ1) is 16.8. The van der Waals surface area contributed by atoms with Crippen LogP contribution in [0.4, 0.5) is 5.13 Å². The Labute approximate surface area is 148 Å². The van der Waals surface area contributed by atoms with E-state index in [-0.39, 0.29) is 5.91 Å². The van der Waals surface area contributed by atoms with Crippen molar-refractivity contribution in [3.8, 4) is 22.8 Å². The lowest BCUT2D eigenvalue weighted by molar-refractivity contribution is 0.102. The van der Waals surface area contributed by atoms with Gasteiger partial charge in [-0.15, -0.1) is 11.3 Å². The van der Waals surface area contributed by atoms with Crippen LogP contribution in [0.25, 0.3) is 11.3 Å². The summed E-state index contributed by atoms with van der Waals surface area (Å²) in [5.41, 5.74) is 2.64. The number of ether oxygens (including phenoxy) is 2. The maximum atomic E-state index is 12.3. The van der Waals surface area contributed by atoms with Gasteiger partial charge >= 0.3 is 0 Å². The largest absolute Gasteiger partial charge is 0.493 e. The first-order valence-corrected chi connectivity index (χ1v) is 8.26. The molecule has 2 aromatic heterocycles. The van der Waals surface area contributed by atoms with Gasteiger partial charge in [0, 0.05) is 17.1 Å². The predicted octanol–water partition coefficient (Wildman–Crippen LogP) is 3.18. The molecule has 2 heterocycles. The number of aromatic nitrogens is 3. The first-order valence-electron chi connectivity index (χ1n) is 7.38. The molecule has 25 heavy (non-hydrogen) atoms. The second kappa shape index (κ2) is 7.27. The molecular weight excluding hydrogens is 340 g/mol. The zero-order chi connectivity index (χ0) is 17.8. The Morgan fingerprint density at radius 1 is 1.20 bits per heavy atom. The zero-order valence-corrected chi connectivity index (χ0v) is 14.8. The van der Waals surface area contributed by atoms with Crippen LogP contribution in [0.15, 0.2) is 36.1 Å². The SMILES string of the molecule is COc1ccc(-c2csc(NC(=O)c3cncnc3C)n2)cc1OC. The number of rotatable bonds is 5. The summed E-state index contributed by atoms with van der Waals surface area (Å²) in [6.07, 6.45) is 2.89. The second-order valence-electron chi connectivity index (χ2n) is 5.08. The molecule has 1 N–H and O–H groups in total. The van der Waals surface area contributed by atoms with Gasteiger partial charge < -0.3 is 9.47 Å². The third-order valence-electron chi connectivity index (χ3n) is 3.56. The number of amides is 1. The van der Waals surface area contributed by atoms with Crippen LogP contribution in [0.3, 0.4) is 0 Å². The van der Waals surface area contributed by atoms with Crippen molar-refractivity contribution in [2.24, 2.45) is 0 Å². The highest BCUT2D eigenvalue weighted by molar-refractivity contribution is 7.14. The Hall–Kier alpha value is -3.00. The molecule has 1 aromatic carbocycles. The van der Waals surface area contributed by atoms with E-state index in [1.807, 2.05) is 23.6 Å². The van der Waals surface area contributed by atoms with Crippen LogP contribution in [-0.4, -0.2) is 35.1 Å². The van der Waals surface area contributed by atoms with Crippen molar-refractivity contribution in [2.45, 2.75) is 6.92 Å². The summed E-state index contributed by atoms with van der Waals surface area (Å²) in [5.74, 6) is 0.983. The number of benzene rings is 1. The van der Waals surface area contributed by atoms with Gasteiger partial charge in [0.15, 0.2) is 16.6 Å². The number of anilines is 1. The minimum Gasteiger partial charge on any atom is -0.493 e. The molecule has 8 heteroatoms. The Kier molecular flexibility index (Phi) is 4.90. The highest BCUT2D eigenvalue weighted by atomic mass is 32.1. The Morgan fingerprint density at radius 3 is 2.72 bits per heavy atom. The van der Waals surface area contributed by atoms with Gasteiger partial charge in [-0.3, -0.25) is 10.1 Å². The van der Waals surface area contributed by atoms with Crippen molar-refractivity contribution < 1.29 is 14.3 Å². The van der Waals surface area contributed by atoms with Crippen LogP contribution in [0.5, 0.6) is 11.5 Å². The summed E-state index contributed by atoms with van der Waals surface area (Å²) in [4.78, 5) is 24.7. The fourth-order valence-electron chi connectivity index (χ4n) is 2.24. The average molecular weight is 356 g/mol. The van der Waals surface area contributed by atoms with Crippen molar-refractivity contribution >= 4 is 22.4 Å². The topological polar surface area (TPSA) is 86.2 Å². The Bertz CT molecular complexity index is 910. The van der Waals surface area contributed by atoms with Crippen molar-refractivity contribution in [2.75, 3.05) is 19.5 Å². The molecule has 0 atom stereocenters. The number of aryl methyl sites for hydroxylation is 1. The molecule has 3 aromatic rings. The standard InChI is InChI=1S/C17H16N4O3S/c1-10-12(7-18-9-19-10)16(22)21-17-20-13(8-25-17)11-4-5-14(23-2)15(6-11)24-3/h4-9H,1-3H3,(H,20,21,22). The average Bonchev–Trinajstić information content (AvgIpc) is 3.09. The number of thiazole rings is 1. The van der Waals surface area contributed by atoms with Gasteiger partial charge in [-0.1, -0.05) is 0 Å². The Balaban J connectivity index is 1.81. The third-order valence-corrected chi connectivity index (χ3v) is 4.32. The lowest BCUT2D eigenvalue weighted by atomic mass is 10.1. The van der Waals surface area contributed by atoms with Crippen LogP contribution >= 0.6 is 11.3 Å². The number of carbonyl (C=O) groups excluding carboxylic acids is 1.